The Labute approximate surface area is 105 Å². The highest BCUT2D eigenvalue weighted by molar-refractivity contribution is 5.46. The summed E-state index contributed by atoms with van der Waals surface area (Å²) in [5.74, 6) is 1.83. The summed E-state index contributed by atoms with van der Waals surface area (Å²) in [7, 11) is 1.53. The molecule has 0 unspecified atom stereocenters. The third-order valence-corrected chi connectivity index (χ3v) is 2.35. The molecule has 1 aromatic carbocycles. The maximum atomic E-state index is 8.79. The van der Waals surface area contributed by atoms with E-state index in [0.29, 0.717) is 29.4 Å². The van der Waals surface area contributed by atoms with Crippen LogP contribution in [0.5, 0.6) is 11.5 Å². The van der Waals surface area contributed by atoms with Crippen LogP contribution in [-0.4, -0.2) is 12.3 Å². The third kappa shape index (κ3) is 2.61. The lowest BCUT2D eigenvalue weighted by Gasteiger charge is -2.09. The van der Waals surface area contributed by atoms with E-state index in [9.17, 15) is 0 Å². The van der Waals surface area contributed by atoms with Gasteiger partial charge in [0.05, 0.1) is 18.7 Å². The van der Waals surface area contributed by atoms with Crippen LogP contribution in [-0.2, 0) is 6.61 Å². The zero-order chi connectivity index (χ0) is 13.0. The Bertz CT molecular complexity index is 584. The maximum Gasteiger partial charge on any atom is 0.162 e. The molecule has 0 fully saturated rings. The second-order valence-corrected chi connectivity index (χ2v) is 3.70. The number of methoxy groups -OCH3 is 1. The van der Waals surface area contributed by atoms with E-state index in [4.69, 9.17) is 19.3 Å². The van der Waals surface area contributed by atoms with Crippen molar-refractivity contribution in [3.63, 3.8) is 0 Å². The summed E-state index contributed by atoms with van der Waals surface area (Å²) in [6.45, 7) is 2.11. The third-order valence-electron chi connectivity index (χ3n) is 2.35. The van der Waals surface area contributed by atoms with Crippen LogP contribution in [0.1, 0.15) is 17.0 Å². The van der Waals surface area contributed by atoms with E-state index in [1.807, 2.05) is 13.0 Å². The zero-order valence-corrected chi connectivity index (χ0v) is 10.1. The van der Waals surface area contributed by atoms with Gasteiger partial charge in [-0.25, -0.2) is 0 Å². The molecule has 92 valence electrons. The summed E-state index contributed by atoms with van der Waals surface area (Å²) in [6.07, 6.45) is 0. The molecule has 1 aromatic heterocycles. The molecule has 0 saturated carbocycles. The number of nitrogens with zero attached hydrogens (tertiary/aromatic N) is 2. The SMILES string of the molecule is COc1cc(C#N)ccc1OCc1cc(C)on1. The van der Waals surface area contributed by atoms with E-state index in [1.54, 1.807) is 24.3 Å². The fourth-order valence-corrected chi connectivity index (χ4v) is 1.49. The molecular formula is C13H12N2O3. The standard InChI is InChI=1S/C13H12N2O3/c1-9-5-11(15-18-9)8-17-12-4-3-10(7-14)6-13(12)16-2/h3-6H,8H2,1-2H3. The minimum absolute atomic E-state index is 0.291. The molecule has 2 aromatic rings. The monoisotopic (exact) mass is 244 g/mol. The van der Waals surface area contributed by atoms with Gasteiger partial charge in [-0.15, -0.1) is 0 Å². The number of aryl methyl sites for hydroxylation is 1. The van der Waals surface area contributed by atoms with Crippen molar-refractivity contribution < 1.29 is 14.0 Å². The lowest BCUT2D eigenvalue weighted by Crippen LogP contribution is -1.98. The summed E-state index contributed by atoms with van der Waals surface area (Å²) >= 11 is 0. The Kier molecular flexibility index (Phi) is 3.49. The van der Waals surface area contributed by atoms with Gasteiger partial charge < -0.3 is 14.0 Å². The number of rotatable bonds is 4. The van der Waals surface area contributed by atoms with Gasteiger partial charge in [-0.05, 0) is 19.1 Å². The molecule has 0 atom stereocenters. The number of hydrogen-bond acceptors (Lipinski definition) is 5. The number of nitriles is 1. The number of ether oxygens (including phenoxy) is 2. The molecule has 0 radical (unpaired) electrons. The normalized spacial score (nSPS) is 9.83. The van der Waals surface area contributed by atoms with Crippen LogP contribution in [0.4, 0.5) is 0 Å². The van der Waals surface area contributed by atoms with Crippen LogP contribution < -0.4 is 9.47 Å². The molecule has 5 heteroatoms. The van der Waals surface area contributed by atoms with E-state index in [0.717, 1.165) is 5.76 Å². The first kappa shape index (κ1) is 12.0. The topological polar surface area (TPSA) is 68.3 Å². The minimum atomic E-state index is 0.291. The van der Waals surface area contributed by atoms with Gasteiger partial charge in [0.25, 0.3) is 0 Å². The van der Waals surface area contributed by atoms with Gasteiger partial charge in [-0.3, -0.25) is 0 Å². The van der Waals surface area contributed by atoms with E-state index in [-0.39, 0.29) is 0 Å². The van der Waals surface area contributed by atoms with E-state index in [2.05, 4.69) is 5.16 Å². The Morgan fingerprint density at radius 3 is 2.78 bits per heavy atom. The molecule has 1 heterocycles. The predicted octanol–water partition coefficient (Wildman–Crippen LogP) is 2.44. The molecule has 0 saturated heterocycles. The molecule has 0 aliphatic heterocycles. The van der Waals surface area contributed by atoms with Crippen molar-refractivity contribution in [2.24, 2.45) is 0 Å². The van der Waals surface area contributed by atoms with Crippen LogP contribution >= 0.6 is 0 Å². The van der Waals surface area contributed by atoms with Gasteiger partial charge in [0.1, 0.15) is 18.1 Å². The molecule has 0 spiro atoms. The first-order valence-corrected chi connectivity index (χ1v) is 5.36. The van der Waals surface area contributed by atoms with Gasteiger partial charge in [0, 0.05) is 12.1 Å². The second kappa shape index (κ2) is 5.23. The maximum absolute atomic E-state index is 8.79. The van der Waals surface area contributed by atoms with Crippen LogP contribution in [0.25, 0.3) is 0 Å². The van der Waals surface area contributed by atoms with Gasteiger partial charge in [-0.2, -0.15) is 5.26 Å². The smallest absolute Gasteiger partial charge is 0.162 e. The highest BCUT2D eigenvalue weighted by atomic mass is 16.5. The van der Waals surface area contributed by atoms with Crippen molar-refractivity contribution in [1.29, 1.82) is 5.26 Å². The molecule has 0 bridgehead atoms. The Balaban J connectivity index is 2.12. The van der Waals surface area contributed by atoms with Crippen molar-refractivity contribution >= 4 is 0 Å². The molecular weight excluding hydrogens is 232 g/mol. The highest BCUT2D eigenvalue weighted by Gasteiger charge is 2.07. The molecule has 0 aliphatic carbocycles. The largest absolute Gasteiger partial charge is 0.493 e. The van der Waals surface area contributed by atoms with Crippen molar-refractivity contribution in [3.05, 3.63) is 41.3 Å². The van der Waals surface area contributed by atoms with E-state index < -0.39 is 0 Å². The Morgan fingerprint density at radius 2 is 2.17 bits per heavy atom. The molecule has 5 nitrogen and oxygen atoms in total. The second-order valence-electron chi connectivity index (χ2n) is 3.70. The van der Waals surface area contributed by atoms with Gasteiger partial charge in [0.2, 0.25) is 0 Å². The highest BCUT2D eigenvalue weighted by Crippen LogP contribution is 2.28. The van der Waals surface area contributed by atoms with E-state index >= 15 is 0 Å². The number of hydrogen-bond donors (Lipinski definition) is 0. The van der Waals surface area contributed by atoms with Crippen molar-refractivity contribution in [2.75, 3.05) is 7.11 Å². The fourth-order valence-electron chi connectivity index (χ4n) is 1.49. The number of aromatic nitrogens is 1. The number of benzene rings is 1. The molecule has 18 heavy (non-hydrogen) atoms. The van der Waals surface area contributed by atoms with Crippen LogP contribution in [0.3, 0.4) is 0 Å². The van der Waals surface area contributed by atoms with Gasteiger partial charge >= 0.3 is 0 Å². The molecule has 2 rings (SSSR count). The van der Waals surface area contributed by atoms with Gasteiger partial charge in [0.15, 0.2) is 11.5 Å². The first-order valence-electron chi connectivity index (χ1n) is 5.36. The van der Waals surface area contributed by atoms with Crippen molar-refractivity contribution in [3.8, 4) is 17.6 Å². The Hall–Kier alpha value is -2.48. The predicted molar refractivity (Wildman–Crippen MR) is 63.3 cm³/mol. The average Bonchev–Trinajstić information content (AvgIpc) is 2.82. The van der Waals surface area contributed by atoms with Crippen LogP contribution in [0.2, 0.25) is 0 Å². The van der Waals surface area contributed by atoms with Crippen molar-refractivity contribution in [1.82, 2.24) is 5.16 Å². The molecule has 0 aliphatic rings. The molecule has 0 N–H and O–H groups in total. The van der Waals surface area contributed by atoms with Crippen LogP contribution in [0.15, 0.2) is 28.8 Å². The summed E-state index contributed by atoms with van der Waals surface area (Å²) in [6, 6.07) is 8.84. The quantitative estimate of drug-likeness (QED) is 0.826. The summed E-state index contributed by atoms with van der Waals surface area (Å²) in [4.78, 5) is 0. The van der Waals surface area contributed by atoms with E-state index in [1.165, 1.54) is 7.11 Å². The Morgan fingerprint density at radius 1 is 1.33 bits per heavy atom. The molecule has 0 amide bonds. The summed E-state index contributed by atoms with van der Waals surface area (Å²) in [5.41, 5.74) is 1.23. The zero-order valence-electron chi connectivity index (χ0n) is 10.1. The minimum Gasteiger partial charge on any atom is -0.493 e. The first-order chi connectivity index (χ1) is 8.72. The summed E-state index contributed by atoms with van der Waals surface area (Å²) < 4.78 is 15.7. The lowest BCUT2D eigenvalue weighted by atomic mass is 10.2. The van der Waals surface area contributed by atoms with Gasteiger partial charge in [-0.1, -0.05) is 5.16 Å². The average molecular weight is 244 g/mol. The van der Waals surface area contributed by atoms with Crippen molar-refractivity contribution in [2.45, 2.75) is 13.5 Å². The van der Waals surface area contributed by atoms with Crippen LogP contribution in [0, 0.1) is 18.3 Å². The fraction of sp³-hybridized carbons (Fsp3) is 0.231. The lowest BCUT2D eigenvalue weighted by molar-refractivity contribution is 0.271. The summed E-state index contributed by atoms with van der Waals surface area (Å²) in [5, 5.41) is 12.6.